The second-order valence-corrected chi connectivity index (χ2v) is 9.27. The second-order valence-electron chi connectivity index (χ2n) is 9.27. The minimum absolute atomic E-state index is 0.0583. The van der Waals surface area contributed by atoms with Gasteiger partial charge >= 0.3 is 0 Å². The van der Waals surface area contributed by atoms with Crippen LogP contribution >= 0.6 is 0 Å². The van der Waals surface area contributed by atoms with Crippen LogP contribution in [0.3, 0.4) is 0 Å². The number of hydrogen-bond acceptors (Lipinski definition) is 4. The Labute approximate surface area is 173 Å². The Hall–Kier alpha value is -1.92. The molecule has 4 rings (SSSR count). The van der Waals surface area contributed by atoms with Gasteiger partial charge in [-0.2, -0.15) is 0 Å². The van der Waals surface area contributed by atoms with Crippen LogP contribution in [0.2, 0.25) is 0 Å². The molecule has 29 heavy (non-hydrogen) atoms. The van der Waals surface area contributed by atoms with E-state index in [1.54, 1.807) is 6.92 Å². The number of rotatable bonds is 3. The number of amides is 2. The Kier molecular flexibility index (Phi) is 5.42. The first-order valence-corrected chi connectivity index (χ1v) is 10.8. The van der Waals surface area contributed by atoms with Crippen LogP contribution in [0.15, 0.2) is 24.3 Å². The first kappa shape index (κ1) is 20.4. The average molecular weight is 400 g/mol. The zero-order valence-corrected chi connectivity index (χ0v) is 18.1. The van der Waals surface area contributed by atoms with Crippen molar-refractivity contribution < 1.29 is 14.3 Å². The van der Waals surface area contributed by atoms with E-state index in [1.807, 2.05) is 35.8 Å². The van der Waals surface area contributed by atoms with Gasteiger partial charge in [0.05, 0.1) is 24.8 Å². The molecule has 0 bridgehead atoms. The summed E-state index contributed by atoms with van der Waals surface area (Å²) >= 11 is 0. The van der Waals surface area contributed by atoms with E-state index in [9.17, 15) is 9.59 Å². The zero-order chi connectivity index (χ0) is 20.8. The first-order valence-electron chi connectivity index (χ1n) is 10.8. The van der Waals surface area contributed by atoms with E-state index in [1.165, 1.54) is 11.1 Å². The van der Waals surface area contributed by atoms with Crippen molar-refractivity contribution in [3.63, 3.8) is 0 Å². The molecule has 0 spiro atoms. The number of carbonyl (C=O) groups excluding carboxylic acids is 2. The third-order valence-corrected chi connectivity index (χ3v) is 7.19. The summed E-state index contributed by atoms with van der Waals surface area (Å²) in [4.78, 5) is 32.2. The molecular formula is C23H33N3O3. The van der Waals surface area contributed by atoms with Crippen molar-refractivity contribution in [1.29, 1.82) is 0 Å². The van der Waals surface area contributed by atoms with Gasteiger partial charge in [-0.15, -0.1) is 0 Å². The molecule has 158 valence electrons. The molecular weight excluding hydrogens is 366 g/mol. The molecule has 3 aliphatic heterocycles. The van der Waals surface area contributed by atoms with E-state index >= 15 is 0 Å². The number of morpholine rings is 1. The molecule has 0 saturated carbocycles. The fraction of sp³-hybridized carbons (Fsp3) is 0.652. The van der Waals surface area contributed by atoms with Crippen molar-refractivity contribution in [3.8, 4) is 0 Å². The van der Waals surface area contributed by atoms with Crippen molar-refractivity contribution in [2.75, 3.05) is 45.9 Å². The summed E-state index contributed by atoms with van der Waals surface area (Å²) in [7, 11) is 0. The highest BCUT2D eigenvalue weighted by atomic mass is 16.5. The van der Waals surface area contributed by atoms with Gasteiger partial charge in [-0.3, -0.25) is 14.5 Å². The maximum atomic E-state index is 13.5. The highest BCUT2D eigenvalue weighted by Crippen LogP contribution is 2.46. The van der Waals surface area contributed by atoms with E-state index < -0.39 is 5.54 Å². The Bertz CT molecular complexity index is 787. The lowest BCUT2D eigenvalue weighted by Crippen LogP contribution is -2.58. The molecule has 3 saturated heterocycles. The van der Waals surface area contributed by atoms with E-state index in [0.717, 1.165) is 32.7 Å². The molecule has 3 heterocycles. The Morgan fingerprint density at radius 3 is 2.41 bits per heavy atom. The van der Waals surface area contributed by atoms with Crippen LogP contribution in [-0.4, -0.2) is 78.0 Å². The monoisotopic (exact) mass is 399 g/mol. The summed E-state index contributed by atoms with van der Waals surface area (Å²) in [6.07, 6.45) is 0. The number of aryl methyl sites for hydroxylation is 1. The van der Waals surface area contributed by atoms with Gasteiger partial charge in [-0.1, -0.05) is 24.3 Å². The van der Waals surface area contributed by atoms with Crippen molar-refractivity contribution in [2.45, 2.75) is 39.3 Å². The molecule has 1 aromatic carbocycles. The molecule has 0 unspecified atom stereocenters. The van der Waals surface area contributed by atoms with Gasteiger partial charge in [0.2, 0.25) is 11.8 Å². The van der Waals surface area contributed by atoms with Crippen LogP contribution in [0.4, 0.5) is 0 Å². The maximum absolute atomic E-state index is 13.5. The highest BCUT2D eigenvalue weighted by molar-refractivity contribution is 5.86. The zero-order valence-electron chi connectivity index (χ0n) is 18.1. The number of hydrogen-bond donors (Lipinski definition) is 0. The lowest BCUT2D eigenvalue weighted by atomic mass is 9.87. The molecule has 0 N–H and O–H groups in total. The lowest BCUT2D eigenvalue weighted by molar-refractivity contribution is -0.145. The summed E-state index contributed by atoms with van der Waals surface area (Å²) in [5.74, 6) is 0.961. The van der Waals surface area contributed by atoms with Gasteiger partial charge in [0, 0.05) is 51.5 Å². The fourth-order valence-corrected chi connectivity index (χ4v) is 5.50. The molecule has 0 radical (unpaired) electrons. The van der Waals surface area contributed by atoms with Crippen LogP contribution in [0.1, 0.15) is 37.9 Å². The van der Waals surface area contributed by atoms with Gasteiger partial charge in [0.15, 0.2) is 0 Å². The average Bonchev–Trinajstić information content (AvgIpc) is 3.27. The van der Waals surface area contributed by atoms with Gasteiger partial charge in [-0.05, 0) is 31.9 Å². The molecule has 0 aromatic heterocycles. The standard InChI is InChI=1S/C23H33N3O3/c1-16-7-5-6-8-19(16)21-20-15-24(13-18(20)14-26(21)17(2)27)22(28)23(3,4)25-9-11-29-12-10-25/h5-8,18,20-21H,9-15H2,1-4H3/t18-,20-,21-/m1/s1. The quantitative estimate of drug-likeness (QED) is 0.781. The van der Waals surface area contributed by atoms with E-state index in [-0.39, 0.29) is 17.9 Å². The molecule has 3 fully saturated rings. The molecule has 2 amide bonds. The van der Waals surface area contributed by atoms with Gasteiger partial charge in [0.1, 0.15) is 0 Å². The van der Waals surface area contributed by atoms with Crippen molar-refractivity contribution in [3.05, 3.63) is 35.4 Å². The maximum Gasteiger partial charge on any atom is 0.242 e. The number of ether oxygens (including phenoxy) is 1. The SMILES string of the molecule is CC(=O)N1C[C@H]2CN(C(=O)C(C)(C)N3CCOCC3)C[C@H]2[C@H]1c1ccccc1C. The number of nitrogens with zero attached hydrogens (tertiary/aromatic N) is 3. The van der Waals surface area contributed by atoms with Crippen LogP contribution in [0, 0.1) is 18.8 Å². The number of carbonyl (C=O) groups is 2. The summed E-state index contributed by atoms with van der Waals surface area (Å²) in [5, 5.41) is 0. The molecule has 6 nitrogen and oxygen atoms in total. The largest absolute Gasteiger partial charge is 0.379 e. The Balaban J connectivity index is 1.55. The first-order chi connectivity index (χ1) is 13.8. The Morgan fingerprint density at radius 1 is 1.07 bits per heavy atom. The molecule has 3 atom stereocenters. The minimum Gasteiger partial charge on any atom is -0.379 e. The Morgan fingerprint density at radius 2 is 1.76 bits per heavy atom. The molecule has 6 heteroatoms. The molecule has 0 aliphatic carbocycles. The second kappa shape index (κ2) is 7.73. The topological polar surface area (TPSA) is 53.1 Å². The summed E-state index contributed by atoms with van der Waals surface area (Å²) in [6, 6.07) is 8.40. The third kappa shape index (κ3) is 3.57. The lowest BCUT2D eigenvalue weighted by Gasteiger charge is -2.41. The minimum atomic E-state index is -0.527. The molecule has 3 aliphatic rings. The summed E-state index contributed by atoms with van der Waals surface area (Å²) in [5.41, 5.74) is 1.90. The number of likely N-dealkylation sites (tertiary alicyclic amines) is 2. The van der Waals surface area contributed by atoms with Crippen LogP contribution < -0.4 is 0 Å². The van der Waals surface area contributed by atoms with E-state index in [4.69, 9.17) is 4.74 Å². The van der Waals surface area contributed by atoms with Gasteiger partial charge < -0.3 is 14.5 Å². The highest BCUT2D eigenvalue weighted by Gasteiger charge is 2.51. The van der Waals surface area contributed by atoms with Crippen molar-refractivity contribution in [1.82, 2.24) is 14.7 Å². The third-order valence-electron chi connectivity index (χ3n) is 7.19. The van der Waals surface area contributed by atoms with Crippen molar-refractivity contribution in [2.24, 2.45) is 11.8 Å². The van der Waals surface area contributed by atoms with Crippen LogP contribution in [0.5, 0.6) is 0 Å². The summed E-state index contributed by atoms with van der Waals surface area (Å²) in [6.45, 7) is 13.0. The van der Waals surface area contributed by atoms with Crippen LogP contribution in [-0.2, 0) is 14.3 Å². The van der Waals surface area contributed by atoms with Gasteiger partial charge in [-0.25, -0.2) is 0 Å². The van der Waals surface area contributed by atoms with E-state index in [0.29, 0.717) is 25.0 Å². The van der Waals surface area contributed by atoms with E-state index in [2.05, 4.69) is 24.0 Å². The fourth-order valence-electron chi connectivity index (χ4n) is 5.50. The summed E-state index contributed by atoms with van der Waals surface area (Å²) < 4.78 is 5.47. The normalized spacial score (nSPS) is 27.9. The number of benzene rings is 1. The molecule has 1 aromatic rings. The number of fused-ring (bicyclic) bond motifs is 1. The van der Waals surface area contributed by atoms with Crippen molar-refractivity contribution >= 4 is 11.8 Å². The van der Waals surface area contributed by atoms with Crippen LogP contribution in [0.25, 0.3) is 0 Å². The predicted molar refractivity (Wildman–Crippen MR) is 111 cm³/mol. The van der Waals surface area contributed by atoms with Gasteiger partial charge in [0.25, 0.3) is 0 Å². The predicted octanol–water partition coefficient (Wildman–Crippen LogP) is 2.08. The smallest absolute Gasteiger partial charge is 0.242 e.